The van der Waals surface area contributed by atoms with Gasteiger partial charge in [0.05, 0.1) is 11.7 Å². The maximum Gasteiger partial charge on any atom is 0.228 e. The third-order valence-electron chi connectivity index (χ3n) is 3.10. The molecule has 1 N–H and O–H groups in total. The molecule has 1 fully saturated rings. The standard InChI is InChI=1S/C13H11N3O/c1-2-9-5-13(17)16(8-9)11-4-3-10-7-14-15-12(10)6-11/h1,3-4,6-7,9H,5,8H2,(H,14,15). The summed E-state index contributed by atoms with van der Waals surface area (Å²) in [6, 6.07) is 5.80. The fraction of sp³-hybridized carbons (Fsp3) is 0.231. The number of nitrogens with zero attached hydrogens (tertiary/aromatic N) is 2. The molecule has 3 rings (SSSR count). The van der Waals surface area contributed by atoms with E-state index in [1.165, 1.54) is 0 Å². The number of amides is 1. The van der Waals surface area contributed by atoms with Gasteiger partial charge in [0, 0.05) is 30.0 Å². The molecule has 1 aliphatic heterocycles. The van der Waals surface area contributed by atoms with Crippen LogP contribution < -0.4 is 4.90 Å². The molecule has 1 aromatic carbocycles. The summed E-state index contributed by atoms with van der Waals surface area (Å²) in [5.74, 6) is 2.76. The predicted molar refractivity (Wildman–Crippen MR) is 65.4 cm³/mol. The minimum atomic E-state index is 0.0277. The largest absolute Gasteiger partial charge is 0.311 e. The Bertz CT molecular complexity index is 623. The van der Waals surface area contributed by atoms with Crippen LogP contribution in [0.4, 0.5) is 5.69 Å². The smallest absolute Gasteiger partial charge is 0.228 e. The summed E-state index contributed by atoms with van der Waals surface area (Å²) >= 11 is 0. The summed E-state index contributed by atoms with van der Waals surface area (Å²) in [6.07, 6.45) is 7.57. The van der Waals surface area contributed by atoms with Gasteiger partial charge in [-0.05, 0) is 18.2 Å². The molecule has 0 spiro atoms. The zero-order valence-electron chi connectivity index (χ0n) is 9.18. The van der Waals surface area contributed by atoms with E-state index in [4.69, 9.17) is 6.42 Å². The van der Waals surface area contributed by atoms with Crippen LogP contribution in [0.5, 0.6) is 0 Å². The van der Waals surface area contributed by atoms with Crippen LogP contribution in [0.25, 0.3) is 10.9 Å². The maximum absolute atomic E-state index is 11.8. The summed E-state index contributed by atoms with van der Waals surface area (Å²) in [5, 5.41) is 7.89. The Balaban J connectivity index is 1.98. The lowest BCUT2D eigenvalue weighted by Gasteiger charge is -2.15. The number of aromatic nitrogens is 2. The highest BCUT2D eigenvalue weighted by atomic mass is 16.2. The van der Waals surface area contributed by atoms with Crippen molar-refractivity contribution in [2.75, 3.05) is 11.4 Å². The highest BCUT2D eigenvalue weighted by Crippen LogP contribution is 2.26. The van der Waals surface area contributed by atoms with Gasteiger partial charge in [-0.3, -0.25) is 9.89 Å². The predicted octanol–water partition coefficient (Wildman–Crippen LogP) is 1.55. The van der Waals surface area contributed by atoms with Crippen molar-refractivity contribution in [1.29, 1.82) is 0 Å². The van der Waals surface area contributed by atoms with Crippen molar-refractivity contribution in [1.82, 2.24) is 10.2 Å². The fourth-order valence-electron chi connectivity index (χ4n) is 2.16. The maximum atomic E-state index is 11.8. The molecule has 1 amide bonds. The molecule has 0 aliphatic carbocycles. The first kappa shape index (κ1) is 9.91. The van der Waals surface area contributed by atoms with Crippen LogP contribution in [0.1, 0.15) is 6.42 Å². The summed E-state index contributed by atoms with van der Waals surface area (Å²) in [4.78, 5) is 13.6. The summed E-state index contributed by atoms with van der Waals surface area (Å²) < 4.78 is 0. The summed E-state index contributed by atoms with van der Waals surface area (Å²) in [5.41, 5.74) is 1.81. The van der Waals surface area contributed by atoms with E-state index in [-0.39, 0.29) is 11.8 Å². The summed E-state index contributed by atoms with van der Waals surface area (Å²) in [7, 11) is 0. The van der Waals surface area contributed by atoms with E-state index in [1.807, 2.05) is 18.2 Å². The van der Waals surface area contributed by atoms with Crippen LogP contribution in [-0.2, 0) is 4.79 Å². The van der Waals surface area contributed by atoms with Crippen molar-refractivity contribution in [3.8, 4) is 12.3 Å². The highest BCUT2D eigenvalue weighted by molar-refractivity contribution is 5.97. The molecule has 17 heavy (non-hydrogen) atoms. The Kier molecular flexibility index (Phi) is 2.12. The molecule has 1 saturated heterocycles. The molecule has 2 heterocycles. The third kappa shape index (κ3) is 1.56. The number of anilines is 1. The van der Waals surface area contributed by atoms with E-state index in [0.717, 1.165) is 16.6 Å². The number of carbonyl (C=O) groups is 1. The number of H-pyrrole nitrogens is 1. The van der Waals surface area contributed by atoms with Crippen LogP contribution in [0, 0.1) is 18.3 Å². The molecule has 0 saturated carbocycles. The number of hydrogen-bond donors (Lipinski definition) is 1. The van der Waals surface area contributed by atoms with E-state index in [2.05, 4.69) is 16.1 Å². The van der Waals surface area contributed by atoms with Gasteiger partial charge in [-0.2, -0.15) is 5.10 Å². The first-order valence-corrected chi connectivity index (χ1v) is 5.47. The number of carbonyl (C=O) groups excluding carboxylic acids is 1. The van der Waals surface area contributed by atoms with Gasteiger partial charge in [-0.1, -0.05) is 0 Å². The van der Waals surface area contributed by atoms with Crippen molar-refractivity contribution in [3.05, 3.63) is 24.4 Å². The second kappa shape index (κ2) is 3.63. The number of fused-ring (bicyclic) bond motifs is 1. The van der Waals surface area contributed by atoms with Gasteiger partial charge in [-0.15, -0.1) is 12.3 Å². The zero-order chi connectivity index (χ0) is 11.8. The number of terminal acetylenes is 1. The highest BCUT2D eigenvalue weighted by Gasteiger charge is 2.29. The molecule has 4 heteroatoms. The van der Waals surface area contributed by atoms with Gasteiger partial charge in [-0.25, -0.2) is 0 Å². The van der Waals surface area contributed by atoms with Crippen LogP contribution >= 0.6 is 0 Å². The van der Waals surface area contributed by atoms with Gasteiger partial charge >= 0.3 is 0 Å². The lowest BCUT2D eigenvalue weighted by Crippen LogP contribution is -2.24. The molecule has 1 aromatic heterocycles. The SMILES string of the molecule is C#CC1CC(=O)N(c2ccc3cn[nH]c3c2)C1. The van der Waals surface area contributed by atoms with Crippen LogP contribution in [0.2, 0.25) is 0 Å². The first-order chi connectivity index (χ1) is 8.28. The van der Waals surface area contributed by atoms with Crippen molar-refractivity contribution in [3.63, 3.8) is 0 Å². The van der Waals surface area contributed by atoms with E-state index in [0.29, 0.717) is 13.0 Å². The lowest BCUT2D eigenvalue weighted by molar-refractivity contribution is -0.117. The average Bonchev–Trinajstić information content (AvgIpc) is 2.93. The van der Waals surface area contributed by atoms with Crippen molar-refractivity contribution in [2.24, 2.45) is 5.92 Å². The Labute approximate surface area is 98.6 Å². The minimum Gasteiger partial charge on any atom is -0.311 e. The molecular formula is C13H11N3O. The molecule has 0 radical (unpaired) electrons. The van der Waals surface area contributed by atoms with Crippen LogP contribution in [0.15, 0.2) is 24.4 Å². The van der Waals surface area contributed by atoms with Crippen LogP contribution in [0.3, 0.4) is 0 Å². The number of hydrogen-bond acceptors (Lipinski definition) is 2. The van der Waals surface area contributed by atoms with Crippen molar-refractivity contribution in [2.45, 2.75) is 6.42 Å². The quantitative estimate of drug-likeness (QED) is 0.748. The Hall–Kier alpha value is -2.28. The Morgan fingerprint density at radius 1 is 1.53 bits per heavy atom. The number of benzene rings is 1. The first-order valence-electron chi connectivity index (χ1n) is 5.47. The van der Waals surface area contributed by atoms with Crippen LogP contribution in [-0.4, -0.2) is 22.6 Å². The zero-order valence-corrected chi connectivity index (χ0v) is 9.18. The lowest BCUT2D eigenvalue weighted by atomic mass is 10.1. The molecule has 84 valence electrons. The van der Waals surface area contributed by atoms with Gasteiger partial charge in [0.2, 0.25) is 5.91 Å². The van der Waals surface area contributed by atoms with E-state index < -0.39 is 0 Å². The molecule has 1 aliphatic rings. The number of rotatable bonds is 1. The van der Waals surface area contributed by atoms with E-state index in [9.17, 15) is 4.79 Å². The van der Waals surface area contributed by atoms with Gasteiger partial charge in [0.15, 0.2) is 0 Å². The molecular weight excluding hydrogens is 214 g/mol. The molecule has 2 aromatic rings. The molecule has 1 unspecified atom stereocenters. The molecule has 1 atom stereocenters. The Morgan fingerprint density at radius 2 is 2.41 bits per heavy atom. The number of aromatic amines is 1. The average molecular weight is 225 g/mol. The van der Waals surface area contributed by atoms with E-state index >= 15 is 0 Å². The second-order valence-electron chi connectivity index (χ2n) is 4.21. The third-order valence-corrected chi connectivity index (χ3v) is 3.10. The summed E-state index contributed by atoms with van der Waals surface area (Å²) in [6.45, 7) is 0.606. The Morgan fingerprint density at radius 3 is 3.18 bits per heavy atom. The number of nitrogens with one attached hydrogen (secondary N) is 1. The molecule has 0 bridgehead atoms. The van der Waals surface area contributed by atoms with Gasteiger partial charge in [0.1, 0.15) is 0 Å². The van der Waals surface area contributed by atoms with Gasteiger partial charge < -0.3 is 4.90 Å². The second-order valence-corrected chi connectivity index (χ2v) is 4.21. The minimum absolute atomic E-state index is 0.0277. The van der Waals surface area contributed by atoms with Crippen molar-refractivity contribution >= 4 is 22.5 Å². The fourth-order valence-corrected chi connectivity index (χ4v) is 2.16. The molecule has 4 nitrogen and oxygen atoms in total. The topological polar surface area (TPSA) is 49.0 Å². The van der Waals surface area contributed by atoms with Gasteiger partial charge in [0.25, 0.3) is 0 Å². The van der Waals surface area contributed by atoms with Crippen molar-refractivity contribution < 1.29 is 4.79 Å². The monoisotopic (exact) mass is 225 g/mol. The van der Waals surface area contributed by atoms with E-state index in [1.54, 1.807) is 11.1 Å². The normalized spacial score (nSPS) is 19.8.